The monoisotopic (exact) mass is 254 g/mol. The van der Waals surface area contributed by atoms with Gasteiger partial charge in [0.15, 0.2) is 9.84 Å². The second-order valence-corrected chi connectivity index (χ2v) is 6.93. The Morgan fingerprint density at radius 3 is 2.59 bits per heavy atom. The predicted octanol–water partition coefficient (Wildman–Crippen LogP) is 0.650. The maximum atomic E-state index is 12.3. The third-order valence-corrected chi connectivity index (χ3v) is 5.53. The van der Waals surface area contributed by atoms with Crippen LogP contribution in [0.15, 0.2) is 23.1 Å². The highest BCUT2D eigenvalue weighted by Gasteiger charge is 2.47. The van der Waals surface area contributed by atoms with Gasteiger partial charge >= 0.3 is 0 Å². The summed E-state index contributed by atoms with van der Waals surface area (Å²) in [6.45, 7) is 2.98. The van der Waals surface area contributed by atoms with Crippen molar-refractivity contribution in [1.29, 1.82) is 0 Å². The Labute approximate surface area is 99.9 Å². The number of nitrogens with two attached hydrogens (primary N) is 1. The lowest BCUT2D eigenvalue weighted by atomic mass is 10.1. The number of hydrogen-bond acceptors (Lipinski definition) is 4. The first-order chi connectivity index (χ1) is 7.82. The molecule has 0 radical (unpaired) electrons. The molecule has 92 valence electrons. The van der Waals surface area contributed by atoms with E-state index in [2.05, 4.69) is 5.32 Å². The van der Waals surface area contributed by atoms with E-state index in [0.717, 1.165) is 0 Å². The first kappa shape index (κ1) is 12.1. The average Bonchev–Trinajstić information content (AvgIpc) is 2.27. The van der Waals surface area contributed by atoms with E-state index in [0.29, 0.717) is 11.3 Å². The van der Waals surface area contributed by atoms with E-state index in [1.54, 1.807) is 12.1 Å². The number of sulfone groups is 1. The number of benzene rings is 1. The summed E-state index contributed by atoms with van der Waals surface area (Å²) in [5, 5.41) is 2.63. The maximum absolute atomic E-state index is 12.3. The molecule has 3 N–H and O–H groups in total. The fourth-order valence-electron chi connectivity index (χ4n) is 1.77. The Kier molecular flexibility index (Phi) is 2.52. The van der Waals surface area contributed by atoms with Crippen molar-refractivity contribution >= 4 is 21.4 Å². The minimum Gasteiger partial charge on any atom is -0.326 e. The van der Waals surface area contributed by atoms with Crippen molar-refractivity contribution in [3.05, 3.63) is 23.8 Å². The molecule has 0 aliphatic carbocycles. The topological polar surface area (TPSA) is 89.3 Å². The Hall–Kier alpha value is -1.40. The van der Waals surface area contributed by atoms with Crippen LogP contribution in [-0.4, -0.2) is 19.1 Å². The van der Waals surface area contributed by atoms with Crippen molar-refractivity contribution in [3.8, 4) is 0 Å². The Bertz CT molecular complexity index is 591. The molecule has 1 aromatic rings. The molecule has 0 aromatic heterocycles. The van der Waals surface area contributed by atoms with Crippen LogP contribution < -0.4 is 11.1 Å². The van der Waals surface area contributed by atoms with Crippen molar-refractivity contribution < 1.29 is 13.2 Å². The molecule has 1 heterocycles. The maximum Gasteiger partial charge on any atom is 0.245 e. The molecular weight excluding hydrogens is 240 g/mol. The molecule has 1 aliphatic rings. The fraction of sp³-hybridized carbons (Fsp3) is 0.364. The van der Waals surface area contributed by atoms with Gasteiger partial charge in [-0.3, -0.25) is 4.79 Å². The summed E-state index contributed by atoms with van der Waals surface area (Å²) >= 11 is 0. The van der Waals surface area contributed by atoms with Crippen molar-refractivity contribution in [2.75, 3.05) is 5.32 Å². The van der Waals surface area contributed by atoms with Gasteiger partial charge in [0.1, 0.15) is 4.75 Å². The van der Waals surface area contributed by atoms with Gasteiger partial charge in [0, 0.05) is 6.54 Å². The molecule has 0 saturated carbocycles. The SMILES string of the molecule is CC1(C)C(=O)Nc2c(CN)cccc2S1(=O)=O. The highest BCUT2D eigenvalue weighted by molar-refractivity contribution is 7.94. The van der Waals surface area contributed by atoms with Crippen molar-refractivity contribution in [2.45, 2.75) is 30.0 Å². The lowest BCUT2D eigenvalue weighted by molar-refractivity contribution is -0.118. The van der Waals surface area contributed by atoms with Gasteiger partial charge in [0.05, 0.1) is 10.6 Å². The molecule has 0 bridgehead atoms. The van der Waals surface area contributed by atoms with Gasteiger partial charge in [-0.05, 0) is 25.5 Å². The zero-order chi connectivity index (χ0) is 12.8. The molecule has 2 rings (SSSR count). The number of fused-ring (bicyclic) bond motifs is 1. The third-order valence-electron chi connectivity index (χ3n) is 3.08. The molecule has 17 heavy (non-hydrogen) atoms. The summed E-state index contributed by atoms with van der Waals surface area (Å²) < 4.78 is 23.2. The van der Waals surface area contributed by atoms with E-state index in [1.807, 2.05) is 0 Å². The first-order valence-corrected chi connectivity index (χ1v) is 6.68. The molecule has 1 aromatic carbocycles. The predicted molar refractivity (Wildman–Crippen MR) is 64.2 cm³/mol. The molecular formula is C11H14N2O3S. The van der Waals surface area contributed by atoms with Crippen molar-refractivity contribution in [1.82, 2.24) is 0 Å². The minimum atomic E-state index is -3.67. The Morgan fingerprint density at radius 2 is 2.00 bits per heavy atom. The Morgan fingerprint density at radius 1 is 1.35 bits per heavy atom. The number of amides is 1. The number of anilines is 1. The lowest BCUT2D eigenvalue weighted by Crippen LogP contribution is -2.48. The van der Waals surface area contributed by atoms with E-state index in [4.69, 9.17) is 5.73 Å². The molecule has 0 saturated heterocycles. The van der Waals surface area contributed by atoms with Gasteiger partial charge in [-0.1, -0.05) is 12.1 Å². The largest absolute Gasteiger partial charge is 0.326 e. The molecule has 0 unspecified atom stereocenters. The standard InChI is InChI=1S/C11H14N2O3S/c1-11(2)10(14)13-9-7(6-12)4-3-5-8(9)17(11,15)16/h3-5H,6,12H2,1-2H3,(H,13,14). The van der Waals surface area contributed by atoms with E-state index in [-0.39, 0.29) is 11.4 Å². The van der Waals surface area contributed by atoms with E-state index < -0.39 is 20.5 Å². The van der Waals surface area contributed by atoms with Crippen LogP contribution in [0.2, 0.25) is 0 Å². The third kappa shape index (κ3) is 1.48. The first-order valence-electron chi connectivity index (χ1n) is 5.20. The highest BCUT2D eigenvalue weighted by Crippen LogP contribution is 2.38. The molecule has 0 spiro atoms. The number of carbonyl (C=O) groups is 1. The lowest BCUT2D eigenvalue weighted by Gasteiger charge is -2.31. The summed E-state index contributed by atoms with van der Waals surface area (Å²) in [5.41, 5.74) is 6.47. The van der Waals surface area contributed by atoms with Gasteiger partial charge in [-0.2, -0.15) is 0 Å². The summed E-state index contributed by atoms with van der Waals surface area (Å²) in [6, 6.07) is 4.82. The van der Waals surface area contributed by atoms with Gasteiger partial charge in [-0.25, -0.2) is 8.42 Å². The van der Waals surface area contributed by atoms with Crippen LogP contribution in [0, 0.1) is 0 Å². The quantitative estimate of drug-likeness (QED) is 0.770. The summed E-state index contributed by atoms with van der Waals surface area (Å²) in [7, 11) is -3.67. The second-order valence-electron chi connectivity index (χ2n) is 4.46. The molecule has 1 aliphatic heterocycles. The van der Waals surface area contributed by atoms with E-state index in [9.17, 15) is 13.2 Å². The molecule has 0 atom stereocenters. The molecule has 5 nitrogen and oxygen atoms in total. The van der Waals surface area contributed by atoms with Crippen LogP contribution in [0.25, 0.3) is 0 Å². The number of rotatable bonds is 1. The van der Waals surface area contributed by atoms with Crippen molar-refractivity contribution in [3.63, 3.8) is 0 Å². The van der Waals surface area contributed by atoms with Crippen LogP contribution >= 0.6 is 0 Å². The molecule has 0 fully saturated rings. The van der Waals surface area contributed by atoms with Crippen molar-refractivity contribution in [2.24, 2.45) is 5.73 Å². The van der Waals surface area contributed by atoms with Gasteiger partial charge in [0.25, 0.3) is 0 Å². The zero-order valence-corrected chi connectivity index (χ0v) is 10.5. The summed E-state index contributed by atoms with van der Waals surface area (Å²) in [6.07, 6.45) is 0. The highest BCUT2D eigenvalue weighted by atomic mass is 32.2. The van der Waals surface area contributed by atoms with Crippen LogP contribution in [0.5, 0.6) is 0 Å². The average molecular weight is 254 g/mol. The number of hydrogen-bond donors (Lipinski definition) is 2. The minimum absolute atomic E-state index is 0.144. The van der Waals surface area contributed by atoms with Gasteiger partial charge < -0.3 is 11.1 Å². The van der Waals surface area contributed by atoms with E-state index >= 15 is 0 Å². The van der Waals surface area contributed by atoms with Crippen LogP contribution in [0.1, 0.15) is 19.4 Å². The summed E-state index contributed by atoms with van der Waals surface area (Å²) in [4.78, 5) is 12.0. The number of para-hydroxylation sites is 1. The number of nitrogens with one attached hydrogen (secondary N) is 1. The second kappa shape index (κ2) is 3.54. The van der Waals surface area contributed by atoms with Crippen LogP contribution in [0.3, 0.4) is 0 Å². The molecule has 1 amide bonds. The normalized spacial score (nSPS) is 20.5. The van der Waals surface area contributed by atoms with E-state index in [1.165, 1.54) is 19.9 Å². The van der Waals surface area contributed by atoms with Crippen LogP contribution in [0.4, 0.5) is 5.69 Å². The summed E-state index contributed by atoms with van der Waals surface area (Å²) in [5.74, 6) is -0.522. The zero-order valence-electron chi connectivity index (χ0n) is 9.65. The van der Waals surface area contributed by atoms with Gasteiger partial charge in [-0.15, -0.1) is 0 Å². The Balaban J connectivity index is 2.79. The smallest absolute Gasteiger partial charge is 0.245 e. The fourth-order valence-corrected chi connectivity index (χ4v) is 3.33. The van der Waals surface area contributed by atoms with Gasteiger partial charge in [0.2, 0.25) is 5.91 Å². The van der Waals surface area contributed by atoms with Crippen LogP contribution in [-0.2, 0) is 21.2 Å². The molecule has 6 heteroatoms. The number of carbonyl (C=O) groups excluding carboxylic acids is 1.